The molecule has 88 valence electrons. The Morgan fingerprint density at radius 2 is 2.00 bits per heavy atom. The molecule has 2 N–H and O–H groups in total. The van der Waals surface area contributed by atoms with Gasteiger partial charge in [-0.05, 0) is 54.6 Å². The van der Waals surface area contributed by atoms with E-state index < -0.39 is 0 Å². The second-order valence-electron chi connectivity index (χ2n) is 3.65. The number of nitrogens with two attached hydrogens (primary N) is 1. The maximum absolute atomic E-state index is 5.77. The van der Waals surface area contributed by atoms with Crippen LogP contribution in [0.4, 0.5) is 5.82 Å². The van der Waals surface area contributed by atoms with Gasteiger partial charge in [-0.1, -0.05) is 6.07 Å². The first-order valence-electron chi connectivity index (χ1n) is 5.10. The van der Waals surface area contributed by atoms with Crippen LogP contribution in [0.15, 0.2) is 24.3 Å². The highest BCUT2D eigenvalue weighted by Gasteiger charge is 2.08. The summed E-state index contributed by atoms with van der Waals surface area (Å²) in [7, 11) is 0. The molecule has 4 nitrogen and oxygen atoms in total. The second kappa shape index (κ2) is 4.87. The van der Waals surface area contributed by atoms with E-state index in [2.05, 4.69) is 32.6 Å². The van der Waals surface area contributed by atoms with Gasteiger partial charge in [-0.15, -0.1) is 0 Å². The van der Waals surface area contributed by atoms with Crippen LogP contribution in [0, 0.1) is 17.4 Å². The van der Waals surface area contributed by atoms with Crippen molar-refractivity contribution >= 4 is 28.4 Å². The average molecular weight is 341 g/mol. The summed E-state index contributed by atoms with van der Waals surface area (Å²) in [5.41, 5.74) is 6.53. The fourth-order valence-corrected chi connectivity index (χ4v) is 1.88. The SMILES string of the molecule is Cc1nc(N)c(C)c(Oc2cccc(I)c2)n1. The third-order valence-corrected chi connectivity index (χ3v) is 2.93. The molecule has 0 unspecified atom stereocenters. The van der Waals surface area contributed by atoms with E-state index in [1.165, 1.54) is 0 Å². The Kier molecular flexibility index (Phi) is 3.46. The third-order valence-electron chi connectivity index (χ3n) is 2.26. The lowest BCUT2D eigenvalue weighted by molar-refractivity contribution is 0.456. The van der Waals surface area contributed by atoms with Gasteiger partial charge < -0.3 is 10.5 Å². The molecule has 17 heavy (non-hydrogen) atoms. The first-order chi connectivity index (χ1) is 8.06. The molecule has 0 atom stereocenters. The first-order valence-corrected chi connectivity index (χ1v) is 6.18. The molecule has 5 heteroatoms. The number of nitrogen functional groups attached to an aromatic ring is 1. The van der Waals surface area contributed by atoms with Crippen molar-refractivity contribution in [1.82, 2.24) is 9.97 Å². The van der Waals surface area contributed by atoms with Crippen molar-refractivity contribution in [2.45, 2.75) is 13.8 Å². The summed E-state index contributed by atoms with van der Waals surface area (Å²) in [5, 5.41) is 0. The van der Waals surface area contributed by atoms with Crippen LogP contribution in [0.1, 0.15) is 11.4 Å². The van der Waals surface area contributed by atoms with Gasteiger partial charge in [-0.25, -0.2) is 4.98 Å². The van der Waals surface area contributed by atoms with Crippen LogP contribution in [-0.2, 0) is 0 Å². The fourth-order valence-electron chi connectivity index (χ4n) is 1.37. The molecule has 1 aromatic heterocycles. The van der Waals surface area contributed by atoms with E-state index >= 15 is 0 Å². The normalized spacial score (nSPS) is 10.3. The zero-order valence-corrected chi connectivity index (χ0v) is 11.7. The summed E-state index contributed by atoms with van der Waals surface area (Å²) in [4.78, 5) is 8.32. The standard InChI is InChI=1S/C12H12IN3O/c1-7-11(14)15-8(2)16-12(7)17-10-5-3-4-9(13)6-10/h3-6H,1-2H3,(H2,14,15,16). The number of aromatic nitrogens is 2. The van der Waals surface area contributed by atoms with E-state index in [0.29, 0.717) is 17.5 Å². The Morgan fingerprint density at radius 1 is 1.24 bits per heavy atom. The lowest BCUT2D eigenvalue weighted by atomic mass is 10.3. The van der Waals surface area contributed by atoms with Gasteiger partial charge in [0, 0.05) is 3.57 Å². The van der Waals surface area contributed by atoms with Gasteiger partial charge in [0.2, 0.25) is 5.88 Å². The van der Waals surface area contributed by atoms with Crippen LogP contribution in [-0.4, -0.2) is 9.97 Å². The zero-order chi connectivity index (χ0) is 12.4. The number of halogens is 1. The van der Waals surface area contributed by atoms with E-state index in [-0.39, 0.29) is 0 Å². The maximum Gasteiger partial charge on any atom is 0.227 e. The third kappa shape index (κ3) is 2.85. The van der Waals surface area contributed by atoms with E-state index in [4.69, 9.17) is 10.5 Å². The largest absolute Gasteiger partial charge is 0.439 e. The van der Waals surface area contributed by atoms with Crippen LogP contribution >= 0.6 is 22.6 Å². The molecule has 0 saturated heterocycles. The number of aryl methyl sites for hydroxylation is 1. The van der Waals surface area contributed by atoms with Crippen molar-refractivity contribution < 1.29 is 4.74 Å². The number of nitrogens with zero attached hydrogens (tertiary/aromatic N) is 2. The van der Waals surface area contributed by atoms with Crippen LogP contribution < -0.4 is 10.5 Å². The summed E-state index contributed by atoms with van der Waals surface area (Å²) in [6.07, 6.45) is 0. The molecule has 0 saturated carbocycles. The Morgan fingerprint density at radius 3 is 2.71 bits per heavy atom. The minimum Gasteiger partial charge on any atom is -0.439 e. The van der Waals surface area contributed by atoms with Gasteiger partial charge >= 0.3 is 0 Å². The lowest BCUT2D eigenvalue weighted by Gasteiger charge is -2.09. The Hall–Kier alpha value is -1.37. The quantitative estimate of drug-likeness (QED) is 0.853. The molecule has 0 aliphatic heterocycles. The molecule has 1 heterocycles. The summed E-state index contributed by atoms with van der Waals surface area (Å²) >= 11 is 2.23. The summed E-state index contributed by atoms with van der Waals surface area (Å²) < 4.78 is 6.82. The predicted molar refractivity (Wildman–Crippen MR) is 75.2 cm³/mol. The highest BCUT2D eigenvalue weighted by molar-refractivity contribution is 14.1. The number of ether oxygens (including phenoxy) is 1. The number of anilines is 1. The van der Waals surface area contributed by atoms with Crippen molar-refractivity contribution in [3.8, 4) is 11.6 Å². The molecule has 0 aliphatic rings. The number of hydrogen-bond donors (Lipinski definition) is 1. The van der Waals surface area contributed by atoms with Crippen molar-refractivity contribution in [2.75, 3.05) is 5.73 Å². The van der Waals surface area contributed by atoms with Crippen LogP contribution in [0.25, 0.3) is 0 Å². The highest BCUT2D eigenvalue weighted by Crippen LogP contribution is 2.26. The highest BCUT2D eigenvalue weighted by atomic mass is 127. The monoisotopic (exact) mass is 341 g/mol. The smallest absolute Gasteiger partial charge is 0.227 e. The van der Waals surface area contributed by atoms with Gasteiger partial charge in [0.1, 0.15) is 17.4 Å². The van der Waals surface area contributed by atoms with Gasteiger partial charge in [-0.2, -0.15) is 4.98 Å². The molecule has 0 bridgehead atoms. The molecule has 0 amide bonds. The zero-order valence-electron chi connectivity index (χ0n) is 9.57. The molecule has 0 spiro atoms. The molecule has 2 rings (SSSR count). The molecular formula is C12H12IN3O. The molecular weight excluding hydrogens is 329 g/mol. The summed E-state index contributed by atoms with van der Waals surface area (Å²) in [6.45, 7) is 3.63. The van der Waals surface area contributed by atoms with E-state index in [1.807, 2.05) is 31.2 Å². The Bertz CT molecular complexity index is 557. The molecule has 2 aromatic rings. The summed E-state index contributed by atoms with van der Waals surface area (Å²) in [6, 6.07) is 7.76. The average Bonchev–Trinajstić information content (AvgIpc) is 2.25. The van der Waals surface area contributed by atoms with Crippen molar-refractivity contribution in [3.63, 3.8) is 0 Å². The van der Waals surface area contributed by atoms with E-state index in [9.17, 15) is 0 Å². The van der Waals surface area contributed by atoms with Crippen molar-refractivity contribution in [1.29, 1.82) is 0 Å². The number of rotatable bonds is 2. The number of hydrogen-bond acceptors (Lipinski definition) is 4. The molecule has 1 aromatic carbocycles. The van der Waals surface area contributed by atoms with E-state index in [1.54, 1.807) is 6.92 Å². The number of benzene rings is 1. The van der Waals surface area contributed by atoms with E-state index in [0.717, 1.165) is 14.9 Å². The fraction of sp³-hybridized carbons (Fsp3) is 0.167. The first kappa shape index (κ1) is 12.1. The van der Waals surface area contributed by atoms with Crippen molar-refractivity contribution in [3.05, 3.63) is 39.2 Å². The van der Waals surface area contributed by atoms with Gasteiger partial charge in [-0.3, -0.25) is 0 Å². The van der Waals surface area contributed by atoms with Crippen LogP contribution in [0.3, 0.4) is 0 Å². The summed E-state index contributed by atoms with van der Waals surface area (Å²) in [5.74, 6) is 2.32. The van der Waals surface area contributed by atoms with Crippen LogP contribution in [0.2, 0.25) is 0 Å². The lowest BCUT2D eigenvalue weighted by Crippen LogP contribution is -2.02. The molecule has 0 aliphatic carbocycles. The molecule has 0 fully saturated rings. The predicted octanol–water partition coefficient (Wildman–Crippen LogP) is 3.07. The van der Waals surface area contributed by atoms with Crippen LogP contribution in [0.5, 0.6) is 11.6 Å². The molecule has 0 radical (unpaired) electrons. The Balaban J connectivity index is 2.36. The topological polar surface area (TPSA) is 61.0 Å². The minimum absolute atomic E-state index is 0.457. The Labute approximate surface area is 113 Å². The maximum atomic E-state index is 5.77. The van der Waals surface area contributed by atoms with Crippen molar-refractivity contribution in [2.24, 2.45) is 0 Å². The van der Waals surface area contributed by atoms with Gasteiger partial charge in [0.25, 0.3) is 0 Å². The van der Waals surface area contributed by atoms with Gasteiger partial charge in [0.15, 0.2) is 0 Å². The van der Waals surface area contributed by atoms with Gasteiger partial charge in [0.05, 0.1) is 5.56 Å². The second-order valence-corrected chi connectivity index (χ2v) is 4.89. The minimum atomic E-state index is 0.457.